The molecule has 2 N–H and O–H groups in total. The lowest BCUT2D eigenvalue weighted by molar-refractivity contribution is -0.157. The van der Waals surface area contributed by atoms with Crippen molar-refractivity contribution in [2.75, 3.05) is 5.32 Å². The zero-order chi connectivity index (χ0) is 26.2. The van der Waals surface area contributed by atoms with E-state index in [4.69, 9.17) is 4.11 Å². The minimum absolute atomic E-state index is 0.162. The lowest BCUT2D eigenvalue weighted by atomic mass is 9.75. The molecule has 33 heavy (non-hydrogen) atoms. The number of carboxylic acids is 1. The van der Waals surface area contributed by atoms with Crippen molar-refractivity contribution < 1.29 is 18.4 Å². The number of carbonyl (C=O) groups is 1. The summed E-state index contributed by atoms with van der Waals surface area (Å²) in [6.45, 7) is 2.61. The number of aliphatic carboxylic acids is 1. The highest BCUT2D eigenvalue weighted by molar-refractivity contribution is 5.84. The molecular formula is C21H23FN8O3. The first-order valence-electron chi connectivity index (χ1n) is 11.8. The molecule has 0 aromatic carbocycles. The summed E-state index contributed by atoms with van der Waals surface area (Å²) in [6.07, 6.45) is -0.411. The van der Waals surface area contributed by atoms with Crippen molar-refractivity contribution in [2.24, 2.45) is 6.98 Å². The Morgan fingerprint density at radius 2 is 2.09 bits per heavy atom. The number of hydrogen-bond acceptors (Lipinski definition) is 7. The van der Waals surface area contributed by atoms with Gasteiger partial charge in [-0.1, -0.05) is 5.21 Å². The molecule has 1 fully saturated rings. The van der Waals surface area contributed by atoms with Gasteiger partial charge in [0.2, 0.25) is 0 Å². The van der Waals surface area contributed by atoms with Crippen molar-refractivity contribution in [3.8, 4) is 0 Å². The van der Waals surface area contributed by atoms with Gasteiger partial charge in [-0.15, -0.1) is 5.10 Å². The van der Waals surface area contributed by atoms with Crippen LogP contribution >= 0.6 is 0 Å². The Hall–Kier alpha value is -3.83. The number of rotatable bonds is 5. The maximum atomic E-state index is 13.7. The molecule has 0 radical (unpaired) electrons. The van der Waals surface area contributed by atoms with Crippen LogP contribution in [0.2, 0.25) is 0 Å². The molecule has 172 valence electrons. The summed E-state index contributed by atoms with van der Waals surface area (Å²) in [4.78, 5) is 33.6. The van der Waals surface area contributed by atoms with Crippen LogP contribution < -0.4 is 11.0 Å². The summed E-state index contributed by atoms with van der Waals surface area (Å²) in [5, 5.41) is 20.8. The van der Waals surface area contributed by atoms with Crippen LogP contribution in [0.3, 0.4) is 0 Å². The number of carboxylic acid groups (broad SMARTS) is 1. The summed E-state index contributed by atoms with van der Waals surface area (Å²) in [5.41, 5.74) is -0.476. The van der Waals surface area contributed by atoms with Crippen LogP contribution in [0, 0.1) is 6.92 Å². The van der Waals surface area contributed by atoms with Crippen LogP contribution in [0.1, 0.15) is 42.4 Å². The minimum atomic E-state index is -2.68. The highest BCUT2D eigenvalue weighted by Gasteiger charge is 2.54. The Morgan fingerprint density at radius 1 is 1.33 bits per heavy atom. The van der Waals surface area contributed by atoms with E-state index in [1.807, 2.05) is 0 Å². The molecule has 4 aromatic rings. The van der Waals surface area contributed by atoms with Crippen molar-refractivity contribution in [1.82, 2.24) is 34.1 Å². The van der Waals surface area contributed by atoms with Crippen molar-refractivity contribution in [3.05, 3.63) is 34.4 Å². The minimum Gasteiger partial charge on any atom is -0.479 e. The van der Waals surface area contributed by atoms with Gasteiger partial charge in [-0.3, -0.25) is 9.13 Å². The average Bonchev–Trinajstić information content (AvgIpc) is 3.29. The number of halogens is 1. The average molecular weight is 457 g/mol. The van der Waals surface area contributed by atoms with Crippen LogP contribution in [0.4, 0.5) is 16.0 Å². The van der Waals surface area contributed by atoms with E-state index in [0.29, 0.717) is 22.4 Å². The van der Waals surface area contributed by atoms with E-state index in [-0.39, 0.29) is 35.9 Å². The normalized spacial score (nSPS) is 22.2. The van der Waals surface area contributed by atoms with E-state index in [1.165, 1.54) is 10.8 Å². The molecule has 0 spiro atoms. The molecule has 11 nitrogen and oxygen atoms in total. The second-order valence-corrected chi connectivity index (χ2v) is 8.61. The number of nitrogens with zero attached hydrogens (tertiary/aromatic N) is 7. The number of aryl methyl sites for hydroxylation is 2. The molecule has 4 heterocycles. The molecule has 0 amide bonds. The number of alkyl halides is 1. The Balaban J connectivity index is 1.60. The molecule has 1 aliphatic rings. The highest BCUT2D eigenvalue weighted by atomic mass is 19.1. The number of hydrogen-bond donors (Lipinski definition) is 2. The third-order valence-electron chi connectivity index (χ3n) is 6.05. The predicted octanol–water partition coefficient (Wildman–Crippen LogP) is 2.42. The van der Waals surface area contributed by atoms with Crippen LogP contribution in [0.15, 0.2) is 23.1 Å². The van der Waals surface area contributed by atoms with Gasteiger partial charge >= 0.3 is 11.7 Å². The summed E-state index contributed by atoms with van der Waals surface area (Å²) >= 11 is 0. The smallest absolute Gasteiger partial charge is 0.332 e. The molecule has 0 atom stereocenters. The largest absolute Gasteiger partial charge is 0.479 e. The SMILES string of the molecule is [2H]C([2H])([2H])n1c(=O)n(C(C)C)c2cc(Nc3cc(C)c4nnn(C5(C(=O)O)CC(F)C5)c4n3)ncc21. The second-order valence-electron chi connectivity index (χ2n) is 8.61. The number of pyridine rings is 2. The second kappa shape index (κ2) is 7.09. The van der Waals surface area contributed by atoms with Crippen molar-refractivity contribution in [3.63, 3.8) is 0 Å². The highest BCUT2D eigenvalue weighted by Crippen LogP contribution is 2.42. The lowest BCUT2D eigenvalue weighted by Crippen LogP contribution is -2.54. The maximum absolute atomic E-state index is 13.7. The molecule has 0 bridgehead atoms. The third kappa shape index (κ3) is 3.00. The van der Waals surface area contributed by atoms with E-state index in [9.17, 15) is 19.1 Å². The van der Waals surface area contributed by atoms with E-state index in [0.717, 1.165) is 9.25 Å². The molecule has 12 heteroatoms. The molecule has 4 aromatic heterocycles. The summed E-state index contributed by atoms with van der Waals surface area (Å²) in [5.74, 6) is -0.635. The summed E-state index contributed by atoms with van der Waals surface area (Å²) in [7, 11) is 0. The molecule has 1 saturated carbocycles. The van der Waals surface area contributed by atoms with Gasteiger partial charge in [-0.05, 0) is 32.4 Å². The Morgan fingerprint density at radius 3 is 2.73 bits per heavy atom. The fourth-order valence-corrected chi connectivity index (χ4v) is 4.33. The topological polar surface area (TPSA) is 133 Å². The molecule has 0 aliphatic heterocycles. The van der Waals surface area contributed by atoms with Gasteiger partial charge in [-0.2, -0.15) is 0 Å². The Bertz CT molecular complexity index is 1580. The fraction of sp³-hybridized carbons (Fsp3) is 0.429. The zero-order valence-electron chi connectivity index (χ0n) is 21.1. The Labute approximate surface area is 191 Å². The first-order chi connectivity index (χ1) is 16.8. The summed E-state index contributed by atoms with van der Waals surface area (Å²) < 4.78 is 40.2. The van der Waals surface area contributed by atoms with Crippen molar-refractivity contribution in [2.45, 2.75) is 51.4 Å². The van der Waals surface area contributed by atoms with Gasteiger partial charge in [-0.25, -0.2) is 28.6 Å². The van der Waals surface area contributed by atoms with Gasteiger partial charge in [0.1, 0.15) is 23.3 Å². The standard InChI is InChI=1S/C21H23FN8O3/c1-10(2)29-13-6-15(23-9-14(13)28(4)20(29)33)24-16-5-11(3)17-18(25-16)30(27-26-17)21(19(31)32)7-12(22)8-21/h5-6,9-10,12H,7-8H2,1-4H3,(H,31,32)(H,23,24,25)/i4D3. The van der Waals surface area contributed by atoms with E-state index < -0.39 is 30.3 Å². The fourth-order valence-electron chi connectivity index (χ4n) is 4.33. The van der Waals surface area contributed by atoms with E-state index in [1.54, 1.807) is 32.9 Å². The van der Waals surface area contributed by atoms with Gasteiger partial charge in [0.05, 0.1) is 17.2 Å². The van der Waals surface area contributed by atoms with Crippen molar-refractivity contribution >= 4 is 39.8 Å². The lowest BCUT2D eigenvalue weighted by Gasteiger charge is -2.39. The van der Waals surface area contributed by atoms with Gasteiger partial charge < -0.3 is 10.4 Å². The van der Waals surface area contributed by atoms with Crippen LogP contribution in [-0.2, 0) is 17.3 Å². The predicted molar refractivity (Wildman–Crippen MR) is 118 cm³/mol. The molecule has 1 aliphatic carbocycles. The molecule has 0 saturated heterocycles. The van der Waals surface area contributed by atoms with Gasteiger partial charge in [0.25, 0.3) is 0 Å². The number of nitrogens with one attached hydrogen (secondary N) is 1. The first kappa shape index (κ1) is 17.7. The monoisotopic (exact) mass is 457 g/mol. The van der Waals surface area contributed by atoms with Gasteiger partial charge in [0.15, 0.2) is 11.2 Å². The molecular weight excluding hydrogens is 431 g/mol. The van der Waals surface area contributed by atoms with Crippen molar-refractivity contribution in [1.29, 1.82) is 0 Å². The van der Waals surface area contributed by atoms with E-state index >= 15 is 0 Å². The van der Waals surface area contributed by atoms with Crippen LogP contribution in [-0.4, -0.2) is 51.3 Å². The van der Waals surface area contributed by atoms with Crippen LogP contribution in [0.25, 0.3) is 22.2 Å². The molecule has 0 unspecified atom stereocenters. The maximum Gasteiger partial charge on any atom is 0.332 e. The van der Waals surface area contributed by atoms with E-state index in [2.05, 4.69) is 25.6 Å². The first-order valence-corrected chi connectivity index (χ1v) is 10.3. The number of fused-ring (bicyclic) bond motifs is 2. The number of aromatic nitrogens is 7. The zero-order valence-corrected chi connectivity index (χ0v) is 18.1. The van der Waals surface area contributed by atoms with Gasteiger partial charge in [0, 0.05) is 36.0 Å². The quantitative estimate of drug-likeness (QED) is 0.467. The number of anilines is 2. The number of imidazole rings is 1. The molecule has 5 rings (SSSR count). The van der Waals surface area contributed by atoms with Crippen LogP contribution in [0.5, 0.6) is 0 Å². The summed E-state index contributed by atoms with van der Waals surface area (Å²) in [6, 6.07) is 2.90. The Kier molecular flexibility index (Phi) is 3.80. The third-order valence-corrected chi connectivity index (χ3v) is 6.05.